The van der Waals surface area contributed by atoms with Gasteiger partial charge in [-0.25, -0.2) is 0 Å². The highest BCUT2D eigenvalue weighted by molar-refractivity contribution is 5.75. The first-order valence-electron chi connectivity index (χ1n) is 6.81. The van der Waals surface area contributed by atoms with Gasteiger partial charge >= 0.3 is 0 Å². The van der Waals surface area contributed by atoms with Crippen molar-refractivity contribution in [1.29, 1.82) is 0 Å². The maximum absolute atomic E-state index is 6.05. The smallest absolute Gasteiger partial charge is 0.151 e. The molecule has 0 fully saturated rings. The Kier molecular flexibility index (Phi) is 2.82. The molecule has 1 aliphatic heterocycles. The minimum absolute atomic E-state index is 0.0554. The van der Waals surface area contributed by atoms with Gasteiger partial charge in [0.2, 0.25) is 0 Å². The van der Waals surface area contributed by atoms with E-state index < -0.39 is 0 Å². The Bertz CT molecular complexity index is 658. The highest BCUT2D eigenvalue weighted by Crippen LogP contribution is 2.50. The monoisotopic (exact) mass is 265 g/mol. The number of likely N-dealkylation sites (N-methyl/N-ethyl adjacent to an activating group) is 1. The van der Waals surface area contributed by atoms with Gasteiger partial charge in [0.15, 0.2) is 5.75 Å². The molecular weight excluding hydrogens is 246 g/mol. The van der Waals surface area contributed by atoms with Gasteiger partial charge in [-0.1, -0.05) is 50.8 Å². The topological polar surface area (TPSA) is 12.5 Å². The number of nitrogens with zero attached hydrogens (tertiary/aromatic N) is 1. The number of rotatable bonds is 2. The van der Waals surface area contributed by atoms with Crippen LogP contribution in [0.4, 0.5) is 5.69 Å². The third kappa shape index (κ3) is 1.80. The van der Waals surface area contributed by atoms with Crippen LogP contribution in [0.3, 0.4) is 0 Å². The predicted octanol–water partition coefficient (Wildman–Crippen LogP) is 4.72. The van der Waals surface area contributed by atoms with Crippen LogP contribution in [0.1, 0.15) is 19.4 Å². The van der Waals surface area contributed by atoms with E-state index in [1.807, 2.05) is 49.5 Å². The van der Waals surface area contributed by atoms with Crippen molar-refractivity contribution in [3.8, 4) is 11.5 Å². The molecule has 0 bridgehead atoms. The molecule has 2 aromatic carbocycles. The van der Waals surface area contributed by atoms with Crippen LogP contribution in [0.25, 0.3) is 0 Å². The highest BCUT2D eigenvalue weighted by atomic mass is 16.5. The zero-order chi connectivity index (χ0) is 14.3. The Hall–Kier alpha value is -2.22. The fourth-order valence-electron chi connectivity index (χ4n) is 2.78. The summed E-state index contributed by atoms with van der Waals surface area (Å²) in [4.78, 5) is 2.13. The second-order valence-electron chi connectivity index (χ2n) is 5.70. The molecule has 0 aromatic heterocycles. The number of hydrogen-bond acceptors (Lipinski definition) is 2. The van der Waals surface area contributed by atoms with Gasteiger partial charge in [0.1, 0.15) is 5.75 Å². The Morgan fingerprint density at radius 2 is 1.70 bits per heavy atom. The second-order valence-corrected chi connectivity index (χ2v) is 5.70. The molecule has 0 amide bonds. The summed E-state index contributed by atoms with van der Waals surface area (Å²) in [6, 6.07) is 16.1. The summed E-state index contributed by atoms with van der Waals surface area (Å²) in [6.45, 7) is 8.62. The van der Waals surface area contributed by atoms with E-state index in [9.17, 15) is 0 Å². The van der Waals surface area contributed by atoms with Gasteiger partial charge in [0, 0.05) is 18.2 Å². The first-order chi connectivity index (χ1) is 9.51. The minimum atomic E-state index is -0.0554. The van der Waals surface area contributed by atoms with Gasteiger partial charge in [-0.05, 0) is 23.8 Å². The molecule has 102 valence electrons. The van der Waals surface area contributed by atoms with Crippen molar-refractivity contribution in [2.75, 3.05) is 11.9 Å². The number of hydrogen-bond donors (Lipinski definition) is 0. The van der Waals surface area contributed by atoms with E-state index >= 15 is 0 Å². The molecule has 0 N–H and O–H groups in total. The third-order valence-corrected chi connectivity index (χ3v) is 4.11. The maximum Gasteiger partial charge on any atom is 0.151 e. The van der Waals surface area contributed by atoms with Crippen molar-refractivity contribution in [2.45, 2.75) is 19.3 Å². The SMILES string of the molecule is C=C1N(C)c2c(Oc3ccccc3)cccc2C1(C)C. The van der Waals surface area contributed by atoms with Gasteiger partial charge < -0.3 is 9.64 Å². The number of anilines is 1. The molecule has 2 nitrogen and oxygen atoms in total. The Morgan fingerprint density at radius 3 is 2.40 bits per heavy atom. The number of para-hydroxylation sites is 2. The van der Waals surface area contributed by atoms with Crippen LogP contribution >= 0.6 is 0 Å². The largest absolute Gasteiger partial charge is 0.455 e. The van der Waals surface area contributed by atoms with E-state index in [-0.39, 0.29) is 5.41 Å². The molecule has 0 radical (unpaired) electrons. The first kappa shape index (κ1) is 12.8. The normalized spacial score (nSPS) is 16.1. The molecule has 20 heavy (non-hydrogen) atoms. The summed E-state index contributed by atoms with van der Waals surface area (Å²) in [5, 5.41) is 0. The molecule has 3 rings (SSSR count). The van der Waals surface area contributed by atoms with Crippen molar-refractivity contribution < 1.29 is 4.74 Å². The lowest BCUT2D eigenvalue weighted by molar-refractivity contribution is 0.483. The fraction of sp³-hybridized carbons (Fsp3) is 0.222. The number of allylic oxidation sites excluding steroid dienone is 1. The van der Waals surface area contributed by atoms with Crippen LogP contribution in [0.15, 0.2) is 60.8 Å². The average Bonchev–Trinajstić information content (AvgIpc) is 2.62. The lowest BCUT2D eigenvalue weighted by Crippen LogP contribution is -2.21. The molecule has 0 spiro atoms. The second kappa shape index (κ2) is 4.41. The van der Waals surface area contributed by atoms with Crippen LogP contribution in [0, 0.1) is 0 Å². The van der Waals surface area contributed by atoms with Crippen molar-refractivity contribution in [2.24, 2.45) is 0 Å². The van der Waals surface area contributed by atoms with Crippen molar-refractivity contribution in [3.63, 3.8) is 0 Å². The lowest BCUT2D eigenvalue weighted by atomic mass is 9.84. The first-order valence-corrected chi connectivity index (χ1v) is 6.81. The van der Waals surface area contributed by atoms with E-state index in [4.69, 9.17) is 4.74 Å². The van der Waals surface area contributed by atoms with Gasteiger partial charge in [-0.15, -0.1) is 0 Å². The molecule has 2 heteroatoms. The summed E-state index contributed by atoms with van der Waals surface area (Å²) < 4.78 is 6.05. The van der Waals surface area contributed by atoms with Crippen LogP contribution in [-0.4, -0.2) is 7.05 Å². The molecule has 0 saturated carbocycles. The molecule has 1 heterocycles. The van der Waals surface area contributed by atoms with Gasteiger partial charge in [0.25, 0.3) is 0 Å². The zero-order valence-corrected chi connectivity index (χ0v) is 12.2. The Morgan fingerprint density at radius 1 is 1.00 bits per heavy atom. The van der Waals surface area contributed by atoms with E-state index in [1.54, 1.807) is 0 Å². The molecule has 0 atom stereocenters. The molecule has 0 unspecified atom stereocenters. The van der Waals surface area contributed by atoms with Gasteiger partial charge in [-0.3, -0.25) is 0 Å². The van der Waals surface area contributed by atoms with E-state index in [1.165, 1.54) is 5.56 Å². The summed E-state index contributed by atoms with van der Waals surface area (Å²) >= 11 is 0. The van der Waals surface area contributed by atoms with Gasteiger partial charge in [0.05, 0.1) is 5.69 Å². The number of ether oxygens (including phenoxy) is 1. The van der Waals surface area contributed by atoms with Crippen molar-refractivity contribution in [1.82, 2.24) is 0 Å². The maximum atomic E-state index is 6.05. The molecule has 0 aliphatic carbocycles. The summed E-state index contributed by atoms with van der Waals surface area (Å²) in [5.41, 5.74) is 3.42. The van der Waals surface area contributed by atoms with E-state index in [2.05, 4.69) is 31.4 Å². The summed E-state index contributed by atoms with van der Waals surface area (Å²) in [6.07, 6.45) is 0. The Balaban J connectivity index is 2.08. The lowest BCUT2D eigenvalue weighted by Gasteiger charge is -2.22. The van der Waals surface area contributed by atoms with Crippen LogP contribution in [-0.2, 0) is 5.41 Å². The van der Waals surface area contributed by atoms with Gasteiger partial charge in [-0.2, -0.15) is 0 Å². The van der Waals surface area contributed by atoms with E-state index in [0.29, 0.717) is 0 Å². The van der Waals surface area contributed by atoms with E-state index in [0.717, 1.165) is 22.9 Å². The average molecular weight is 265 g/mol. The quantitative estimate of drug-likeness (QED) is 0.779. The van der Waals surface area contributed by atoms with Crippen LogP contribution in [0.5, 0.6) is 11.5 Å². The van der Waals surface area contributed by atoms with Crippen molar-refractivity contribution in [3.05, 3.63) is 66.4 Å². The minimum Gasteiger partial charge on any atom is -0.455 e. The Labute approximate surface area is 120 Å². The zero-order valence-electron chi connectivity index (χ0n) is 12.2. The molecule has 0 saturated heterocycles. The summed E-state index contributed by atoms with van der Waals surface area (Å²) in [7, 11) is 2.05. The summed E-state index contributed by atoms with van der Waals surface area (Å²) in [5.74, 6) is 1.73. The van der Waals surface area contributed by atoms with Crippen LogP contribution in [0.2, 0.25) is 0 Å². The third-order valence-electron chi connectivity index (χ3n) is 4.11. The molecule has 1 aliphatic rings. The highest BCUT2D eigenvalue weighted by Gasteiger charge is 2.39. The van der Waals surface area contributed by atoms with Crippen LogP contribution < -0.4 is 9.64 Å². The fourth-order valence-corrected chi connectivity index (χ4v) is 2.78. The van der Waals surface area contributed by atoms with Crippen molar-refractivity contribution >= 4 is 5.69 Å². The number of fused-ring (bicyclic) bond motifs is 1. The standard InChI is InChI=1S/C18H19NO/c1-13-18(2,3)15-11-8-12-16(17(15)19(13)4)20-14-9-6-5-7-10-14/h5-12H,1H2,2-4H3. The molecular formula is C18H19NO. The predicted molar refractivity (Wildman–Crippen MR) is 83.5 cm³/mol. The number of benzene rings is 2. The molecule has 2 aromatic rings.